The molecule has 2 aromatic rings. The van der Waals surface area contributed by atoms with Crippen molar-refractivity contribution in [3.05, 3.63) is 41.0 Å². The quantitative estimate of drug-likeness (QED) is 0.827. The maximum Gasteiger partial charge on any atom is 0.340 e. The Kier molecular flexibility index (Phi) is 4.16. The molecule has 120 valence electrons. The van der Waals surface area contributed by atoms with Crippen LogP contribution in [0.4, 0.5) is 5.00 Å². The first-order valence-corrected chi connectivity index (χ1v) is 7.91. The van der Waals surface area contributed by atoms with Gasteiger partial charge in [0.2, 0.25) is 5.91 Å². The number of carbonyl (C=O) groups is 3. The highest BCUT2D eigenvalue weighted by Crippen LogP contribution is 2.31. The average Bonchev–Trinajstić information content (AvgIpc) is 3.27. The standard InChI is InChI=1S/C15H15N3O4S/c1-22-15(21)9-5-8-23-14(9)18-7-4-11(13(18)20)17-12(19)10-3-2-6-16-10/h2-3,5-6,8,11,16H,4,7H2,1H3,(H,17,19)/t11-/m0/s1. The molecule has 0 radical (unpaired) electrons. The van der Waals surface area contributed by atoms with E-state index in [4.69, 9.17) is 4.74 Å². The third-order valence-corrected chi connectivity index (χ3v) is 4.58. The van der Waals surface area contributed by atoms with Gasteiger partial charge in [-0.3, -0.25) is 9.59 Å². The lowest BCUT2D eigenvalue weighted by molar-refractivity contribution is -0.118. The predicted octanol–water partition coefficient (Wildman–Crippen LogP) is 1.40. The van der Waals surface area contributed by atoms with Crippen LogP contribution in [0.5, 0.6) is 0 Å². The third kappa shape index (κ3) is 2.85. The molecule has 1 saturated heterocycles. The minimum Gasteiger partial charge on any atom is -0.465 e. The number of nitrogens with zero attached hydrogens (tertiary/aromatic N) is 1. The number of amides is 2. The van der Waals surface area contributed by atoms with Gasteiger partial charge >= 0.3 is 5.97 Å². The highest BCUT2D eigenvalue weighted by atomic mass is 32.1. The predicted molar refractivity (Wildman–Crippen MR) is 84.7 cm³/mol. The van der Waals surface area contributed by atoms with Crippen molar-refractivity contribution in [1.82, 2.24) is 10.3 Å². The van der Waals surface area contributed by atoms with Gasteiger partial charge in [0.15, 0.2) is 0 Å². The van der Waals surface area contributed by atoms with Gasteiger partial charge in [-0.15, -0.1) is 11.3 Å². The topological polar surface area (TPSA) is 91.5 Å². The minimum absolute atomic E-state index is 0.225. The lowest BCUT2D eigenvalue weighted by Gasteiger charge is -2.16. The Balaban J connectivity index is 1.73. The number of aromatic nitrogens is 1. The normalized spacial score (nSPS) is 17.3. The Morgan fingerprint density at radius 3 is 2.96 bits per heavy atom. The fourth-order valence-corrected chi connectivity index (χ4v) is 3.42. The van der Waals surface area contributed by atoms with Gasteiger partial charge in [0.25, 0.3) is 5.91 Å². The van der Waals surface area contributed by atoms with Crippen LogP contribution in [0.15, 0.2) is 29.8 Å². The van der Waals surface area contributed by atoms with E-state index in [1.54, 1.807) is 29.8 Å². The van der Waals surface area contributed by atoms with Crippen molar-refractivity contribution < 1.29 is 19.1 Å². The zero-order valence-electron chi connectivity index (χ0n) is 12.4. The van der Waals surface area contributed by atoms with Crippen LogP contribution in [0.1, 0.15) is 27.3 Å². The van der Waals surface area contributed by atoms with E-state index < -0.39 is 12.0 Å². The summed E-state index contributed by atoms with van der Waals surface area (Å²) in [5.74, 6) is -1.03. The van der Waals surface area contributed by atoms with Crippen molar-refractivity contribution in [2.45, 2.75) is 12.5 Å². The molecule has 1 aliphatic rings. The number of anilines is 1. The Hall–Kier alpha value is -2.61. The van der Waals surface area contributed by atoms with Gasteiger partial charge in [-0.2, -0.15) is 0 Å². The number of rotatable bonds is 4. The summed E-state index contributed by atoms with van der Waals surface area (Å²) in [7, 11) is 1.30. The summed E-state index contributed by atoms with van der Waals surface area (Å²) < 4.78 is 4.73. The molecule has 8 heteroatoms. The summed E-state index contributed by atoms with van der Waals surface area (Å²) in [5, 5.41) is 5.00. The first kappa shape index (κ1) is 15.3. The molecule has 2 N–H and O–H groups in total. The van der Waals surface area contributed by atoms with Gasteiger partial charge in [0, 0.05) is 12.7 Å². The summed E-state index contributed by atoms with van der Waals surface area (Å²) >= 11 is 1.30. The van der Waals surface area contributed by atoms with Crippen molar-refractivity contribution in [3.8, 4) is 0 Å². The van der Waals surface area contributed by atoms with E-state index in [9.17, 15) is 14.4 Å². The molecule has 1 atom stereocenters. The van der Waals surface area contributed by atoms with E-state index in [0.29, 0.717) is 29.2 Å². The van der Waals surface area contributed by atoms with Gasteiger partial charge in [0.05, 0.1) is 12.7 Å². The molecule has 0 bridgehead atoms. The van der Waals surface area contributed by atoms with Crippen molar-refractivity contribution in [2.75, 3.05) is 18.6 Å². The summed E-state index contributed by atoms with van der Waals surface area (Å²) in [5.41, 5.74) is 0.768. The molecule has 0 unspecified atom stereocenters. The molecule has 1 fully saturated rings. The molecule has 7 nitrogen and oxygen atoms in total. The number of aromatic amines is 1. The number of carbonyl (C=O) groups excluding carboxylic acids is 3. The second-order valence-corrected chi connectivity index (χ2v) is 5.91. The van der Waals surface area contributed by atoms with E-state index >= 15 is 0 Å². The van der Waals surface area contributed by atoms with Crippen molar-refractivity contribution in [3.63, 3.8) is 0 Å². The fraction of sp³-hybridized carbons (Fsp3) is 0.267. The van der Waals surface area contributed by atoms with Gasteiger partial charge in [0.1, 0.15) is 16.7 Å². The zero-order valence-corrected chi connectivity index (χ0v) is 13.2. The molecule has 2 aromatic heterocycles. The van der Waals surface area contributed by atoms with Gasteiger partial charge < -0.3 is 19.9 Å². The van der Waals surface area contributed by atoms with E-state index in [0.717, 1.165) is 0 Å². The molecular formula is C15H15N3O4S. The lowest BCUT2D eigenvalue weighted by Crippen LogP contribution is -2.41. The van der Waals surface area contributed by atoms with Crippen molar-refractivity contribution >= 4 is 34.1 Å². The zero-order chi connectivity index (χ0) is 16.4. The van der Waals surface area contributed by atoms with Crippen LogP contribution in [0.2, 0.25) is 0 Å². The van der Waals surface area contributed by atoms with Crippen LogP contribution in [0, 0.1) is 0 Å². The maximum absolute atomic E-state index is 12.5. The van der Waals surface area contributed by atoms with Crippen LogP contribution in [-0.2, 0) is 9.53 Å². The minimum atomic E-state index is -0.599. The highest BCUT2D eigenvalue weighted by Gasteiger charge is 2.36. The summed E-state index contributed by atoms with van der Waals surface area (Å²) in [6.07, 6.45) is 2.13. The molecule has 0 spiro atoms. The third-order valence-electron chi connectivity index (χ3n) is 3.65. The fourth-order valence-electron chi connectivity index (χ4n) is 2.50. The molecule has 1 aliphatic heterocycles. The molecule has 0 aromatic carbocycles. The number of nitrogens with one attached hydrogen (secondary N) is 2. The van der Waals surface area contributed by atoms with E-state index in [1.165, 1.54) is 23.3 Å². The number of hydrogen-bond acceptors (Lipinski definition) is 5. The van der Waals surface area contributed by atoms with Crippen molar-refractivity contribution in [1.29, 1.82) is 0 Å². The van der Waals surface area contributed by atoms with Gasteiger partial charge in [-0.05, 0) is 30.0 Å². The van der Waals surface area contributed by atoms with Crippen LogP contribution in [0.25, 0.3) is 0 Å². The van der Waals surface area contributed by atoms with Crippen LogP contribution in [0.3, 0.4) is 0 Å². The smallest absolute Gasteiger partial charge is 0.340 e. The largest absolute Gasteiger partial charge is 0.465 e. The van der Waals surface area contributed by atoms with Gasteiger partial charge in [-0.1, -0.05) is 0 Å². The maximum atomic E-state index is 12.5. The molecule has 3 heterocycles. The van der Waals surface area contributed by atoms with Crippen LogP contribution < -0.4 is 10.2 Å². The molecule has 3 rings (SSSR count). The highest BCUT2D eigenvalue weighted by molar-refractivity contribution is 7.14. The molecular weight excluding hydrogens is 318 g/mol. The number of methoxy groups -OCH3 is 1. The number of esters is 1. The number of H-pyrrole nitrogens is 1. The molecule has 0 aliphatic carbocycles. The summed E-state index contributed by atoms with van der Waals surface area (Å²) in [4.78, 5) is 40.6. The second-order valence-electron chi connectivity index (χ2n) is 5.02. The van der Waals surface area contributed by atoms with E-state index in [-0.39, 0.29) is 11.8 Å². The Morgan fingerprint density at radius 1 is 1.43 bits per heavy atom. The van der Waals surface area contributed by atoms with Crippen LogP contribution in [-0.4, -0.2) is 42.5 Å². The number of ether oxygens (including phenoxy) is 1. The first-order valence-electron chi connectivity index (χ1n) is 7.03. The van der Waals surface area contributed by atoms with Gasteiger partial charge in [-0.25, -0.2) is 4.79 Å². The lowest BCUT2D eigenvalue weighted by atomic mass is 10.2. The number of thiophene rings is 1. The summed E-state index contributed by atoms with van der Waals surface area (Å²) in [6.45, 7) is 0.443. The Morgan fingerprint density at radius 2 is 2.26 bits per heavy atom. The van der Waals surface area contributed by atoms with E-state index in [1.807, 2.05) is 0 Å². The first-order chi connectivity index (χ1) is 11.1. The SMILES string of the molecule is COC(=O)c1ccsc1N1CC[C@H](NC(=O)c2ccc[nH]2)C1=O. The Bertz CT molecular complexity index is 738. The second kappa shape index (κ2) is 6.25. The van der Waals surface area contributed by atoms with E-state index in [2.05, 4.69) is 10.3 Å². The number of hydrogen-bond donors (Lipinski definition) is 2. The van der Waals surface area contributed by atoms with Crippen molar-refractivity contribution in [2.24, 2.45) is 0 Å². The summed E-state index contributed by atoms with van der Waals surface area (Å²) in [6, 6.07) is 4.38. The average molecular weight is 333 g/mol. The monoisotopic (exact) mass is 333 g/mol. The molecule has 0 saturated carbocycles. The molecule has 23 heavy (non-hydrogen) atoms. The molecule has 2 amide bonds. The Labute approximate surface area is 136 Å². The van der Waals surface area contributed by atoms with Crippen LogP contribution >= 0.6 is 11.3 Å².